The van der Waals surface area contributed by atoms with Crippen molar-refractivity contribution in [2.24, 2.45) is 0 Å². The summed E-state index contributed by atoms with van der Waals surface area (Å²) < 4.78 is 5.88. The zero-order valence-corrected chi connectivity index (χ0v) is 10.1. The number of halogens is 2. The summed E-state index contributed by atoms with van der Waals surface area (Å²) >= 11 is 7.93. The van der Waals surface area contributed by atoms with Gasteiger partial charge in [0.1, 0.15) is 5.75 Å². The normalized spacial score (nSPS) is 9.85. The van der Waals surface area contributed by atoms with Crippen LogP contribution in [0.2, 0.25) is 5.02 Å². The molecule has 0 aliphatic heterocycles. The molecule has 0 N–H and O–H groups in total. The molecule has 0 amide bonds. The molecule has 0 spiro atoms. The molecule has 0 saturated carbocycles. The van der Waals surface area contributed by atoms with Crippen molar-refractivity contribution in [1.29, 1.82) is 0 Å². The van der Waals surface area contributed by atoms with E-state index in [9.17, 15) is 4.79 Å². The minimum Gasteiger partial charge on any atom is -0.495 e. The number of methoxy groups -OCH3 is 1. The smallest absolute Gasteiger partial charge is 0.163 e. The van der Waals surface area contributed by atoms with Crippen molar-refractivity contribution in [2.45, 2.75) is 6.92 Å². The van der Waals surface area contributed by atoms with Crippen LogP contribution in [-0.4, -0.2) is 12.9 Å². The van der Waals surface area contributed by atoms with E-state index in [1.807, 2.05) is 0 Å². The third-order valence-electron chi connectivity index (χ3n) is 1.63. The molecule has 0 unspecified atom stereocenters. The first-order valence-corrected chi connectivity index (χ1v) is 5.06. The summed E-state index contributed by atoms with van der Waals surface area (Å²) in [6, 6.07) is 3.37. The highest BCUT2D eigenvalue weighted by Gasteiger charge is 2.13. The third kappa shape index (κ3) is 2.14. The number of hydrogen-bond acceptors (Lipinski definition) is 2. The van der Waals surface area contributed by atoms with Crippen LogP contribution >= 0.6 is 34.2 Å². The largest absolute Gasteiger partial charge is 0.495 e. The quantitative estimate of drug-likeness (QED) is 0.619. The van der Waals surface area contributed by atoms with Gasteiger partial charge in [-0.25, -0.2) is 0 Å². The van der Waals surface area contributed by atoms with Crippen LogP contribution in [0.25, 0.3) is 0 Å². The van der Waals surface area contributed by atoms with Gasteiger partial charge in [-0.3, -0.25) is 4.79 Å². The molecule has 0 fully saturated rings. The van der Waals surface area contributed by atoms with Gasteiger partial charge >= 0.3 is 0 Å². The van der Waals surface area contributed by atoms with Crippen LogP contribution in [-0.2, 0) is 0 Å². The number of hydrogen-bond donors (Lipinski definition) is 0. The van der Waals surface area contributed by atoms with Gasteiger partial charge in [-0.1, -0.05) is 11.6 Å². The highest BCUT2D eigenvalue weighted by Crippen LogP contribution is 2.31. The topological polar surface area (TPSA) is 26.3 Å². The third-order valence-corrected chi connectivity index (χ3v) is 3.34. The van der Waals surface area contributed by atoms with Crippen LogP contribution in [0.15, 0.2) is 12.1 Å². The Morgan fingerprint density at radius 2 is 2.15 bits per heavy atom. The van der Waals surface area contributed by atoms with Crippen LogP contribution in [0.5, 0.6) is 5.75 Å². The molecule has 0 radical (unpaired) electrons. The van der Waals surface area contributed by atoms with Crippen molar-refractivity contribution in [3.63, 3.8) is 0 Å². The van der Waals surface area contributed by atoms with Gasteiger partial charge in [0.05, 0.1) is 21.3 Å². The molecule has 4 heteroatoms. The Balaban J connectivity index is 3.38. The summed E-state index contributed by atoms with van der Waals surface area (Å²) in [5, 5.41) is 0.599. The van der Waals surface area contributed by atoms with E-state index in [4.69, 9.17) is 16.3 Å². The fraction of sp³-hybridized carbons (Fsp3) is 0.222. The average molecular weight is 311 g/mol. The Morgan fingerprint density at radius 1 is 1.54 bits per heavy atom. The summed E-state index contributed by atoms with van der Waals surface area (Å²) in [5.74, 6) is 0.534. The van der Waals surface area contributed by atoms with Gasteiger partial charge in [0, 0.05) is 0 Å². The van der Waals surface area contributed by atoms with Crippen LogP contribution in [0, 0.1) is 3.57 Å². The summed E-state index contributed by atoms with van der Waals surface area (Å²) in [7, 11) is 1.53. The predicted octanol–water partition coefficient (Wildman–Crippen LogP) is 3.16. The lowest BCUT2D eigenvalue weighted by Gasteiger charge is -2.08. The second kappa shape index (κ2) is 4.28. The maximum absolute atomic E-state index is 11.2. The van der Waals surface area contributed by atoms with Crippen LogP contribution in [0.4, 0.5) is 0 Å². The zero-order valence-electron chi connectivity index (χ0n) is 7.23. The van der Waals surface area contributed by atoms with Gasteiger partial charge in [-0.15, -0.1) is 0 Å². The second-order valence-corrected chi connectivity index (χ2v) is 3.98. The second-order valence-electron chi connectivity index (χ2n) is 2.50. The van der Waals surface area contributed by atoms with Gasteiger partial charge in [-0.2, -0.15) is 0 Å². The fourth-order valence-corrected chi connectivity index (χ4v) is 1.85. The van der Waals surface area contributed by atoms with Crippen LogP contribution in [0.1, 0.15) is 17.3 Å². The Morgan fingerprint density at radius 3 is 2.62 bits per heavy atom. The molecule has 0 heterocycles. The molecule has 0 saturated heterocycles. The number of rotatable bonds is 2. The lowest BCUT2D eigenvalue weighted by molar-refractivity contribution is 0.101. The van der Waals surface area contributed by atoms with E-state index in [0.29, 0.717) is 16.3 Å². The molecule has 0 aromatic heterocycles. The molecule has 0 aliphatic carbocycles. The minimum absolute atomic E-state index is 0.0218. The van der Waals surface area contributed by atoms with Gasteiger partial charge < -0.3 is 4.74 Å². The average Bonchev–Trinajstić information content (AvgIpc) is 2.09. The number of Topliss-reactive ketones (excluding diaryl/α,β-unsaturated/α-hetero) is 1. The van der Waals surface area contributed by atoms with E-state index in [-0.39, 0.29) is 5.78 Å². The van der Waals surface area contributed by atoms with E-state index < -0.39 is 0 Å². The number of ether oxygens (including phenoxy) is 1. The molecule has 0 aliphatic rings. The molecule has 2 nitrogen and oxygen atoms in total. The molecule has 1 rings (SSSR count). The fourth-order valence-electron chi connectivity index (χ4n) is 1.01. The molecule has 0 atom stereocenters. The Hall–Kier alpha value is -0.290. The monoisotopic (exact) mass is 310 g/mol. The molecule has 13 heavy (non-hydrogen) atoms. The molecule has 70 valence electrons. The summed E-state index contributed by atoms with van der Waals surface area (Å²) in [6.07, 6.45) is 0. The standard InChI is InChI=1S/C9H8ClIO2/c1-5(12)6-3-4-7(10)8(11)9(6)13-2/h3-4H,1-2H3. The lowest BCUT2D eigenvalue weighted by Crippen LogP contribution is -1.99. The molecule has 1 aromatic rings. The zero-order chi connectivity index (χ0) is 10.0. The first-order chi connectivity index (χ1) is 6.07. The van der Waals surface area contributed by atoms with Crippen molar-refractivity contribution in [3.05, 3.63) is 26.3 Å². The van der Waals surface area contributed by atoms with Gasteiger partial charge in [0.25, 0.3) is 0 Å². The van der Waals surface area contributed by atoms with Crippen LogP contribution in [0.3, 0.4) is 0 Å². The number of carbonyl (C=O) groups excluding carboxylic acids is 1. The van der Waals surface area contributed by atoms with Crippen LogP contribution < -0.4 is 4.74 Å². The van der Waals surface area contributed by atoms with Gasteiger partial charge in [0.15, 0.2) is 5.78 Å². The van der Waals surface area contributed by atoms with Gasteiger partial charge in [-0.05, 0) is 41.6 Å². The van der Waals surface area contributed by atoms with Gasteiger partial charge in [0.2, 0.25) is 0 Å². The van der Waals surface area contributed by atoms with Crippen molar-refractivity contribution in [3.8, 4) is 5.75 Å². The predicted molar refractivity (Wildman–Crippen MR) is 60.7 cm³/mol. The Bertz CT molecular complexity index is 350. The van der Waals surface area contributed by atoms with E-state index in [1.54, 1.807) is 12.1 Å². The Kier molecular flexibility index (Phi) is 3.55. The van der Waals surface area contributed by atoms with E-state index in [1.165, 1.54) is 14.0 Å². The maximum Gasteiger partial charge on any atom is 0.163 e. The summed E-state index contributed by atoms with van der Waals surface area (Å²) in [6.45, 7) is 1.50. The SMILES string of the molecule is COc1c(C(C)=O)ccc(Cl)c1I. The highest BCUT2D eigenvalue weighted by atomic mass is 127. The first kappa shape index (κ1) is 10.8. The molecule has 1 aromatic carbocycles. The minimum atomic E-state index is -0.0218. The molecular formula is C9H8ClIO2. The van der Waals surface area contributed by atoms with Crippen molar-refractivity contribution in [1.82, 2.24) is 0 Å². The molecular weight excluding hydrogens is 302 g/mol. The summed E-state index contributed by atoms with van der Waals surface area (Å²) in [5.41, 5.74) is 0.566. The maximum atomic E-state index is 11.2. The van der Waals surface area contributed by atoms with E-state index in [2.05, 4.69) is 22.6 Å². The molecule has 0 bridgehead atoms. The van der Waals surface area contributed by atoms with Crippen molar-refractivity contribution in [2.75, 3.05) is 7.11 Å². The van der Waals surface area contributed by atoms with Crippen molar-refractivity contribution >= 4 is 40.0 Å². The first-order valence-electron chi connectivity index (χ1n) is 3.61. The number of benzene rings is 1. The highest BCUT2D eigenvalue weighted by molar-refractivity contribution is 14.1. The van der Waals surface area contributed by atoms with E-state index >= 15 is 0 Å². The Labute approximate surface area is 95.4 Å². The van der Waals surface area contributed by atoms with Crippen molar-refractivity contribution < 1.29 is 9.53 Å². The summed E-state index contributed by atoms with van der Waals surface area (Å²) in [4.78, 5) is 11.2. The lowest BCUT2D eigenvalue weighted by atomic mass is 10.1. The number of ketones is 1. The number of carbonyl (C=O) groups is 1. The van der Waals surface area contributed by atoms with E-state index in [0.717, 1.165) is 3.57 Å².